The van der Waals surface area contributed by atoms with Crippen LogP contribution in [0.4, 0.5) is 24.8 Å². The van der Waals surface area contributed by atoms with Crippen molar-refractivity contribution in [1.29, 1.82) is 0 Å². The number of aromatic nitrogens is 2. The molecule has 0 aliphatic heterocycles. The summed E-state index contributed by atoms with van der Waals surface area (Å²) >= 11 is 0. The number of methoxy groups -OCH3 is 1. The van der Waals surface area contributed by atoms with E-state index in [1.165, 1.54) is 31.5 Å². The minimum absolute atomic E-state index is 0.0800. The minimum Gasteiger partial charge on any atom is -0.494 e. The average molecular weight is 545 g/mol. The molecule has 38 heavy (non-hydrogen) atoms. The van der Waals surface area contributed by atoms with Crippen LogP contribution < -0.4 is 14.8 Å². The molecule has 0 radical (unpaired) electrons. The van der Waals surface area contributed by atoms with Crippen LogP contribution in [-0.2, 0) is 14.8 Å². The number of amides is 1. The summed E-state index contributed by atoms with van der Waals surface area (Å²) in [5.74, 6) is -3.37. The van der Waals surface area contributed by atoms with Crippen molar-refractivity contribution in [3.05, 3.63) is 72.2 Å². The van der Waals surface area contributed by atoms with Crippen LogP contribution in [0.15, 0.2) is 59.6 Å². The lowest BCUT2D eigenvalue weighted by Crippen LogP contribution is -2.28. The topological polar surface area (TPSA) is 110 Å². The third kappa shape index (κ3) is 5.40. The van der Waals surface area contributed by atoms with Crippen LogP contribution in [0.25, 0.3) is 22.0 Å². The van der Waals surface area contributed by atoms with Gasteiger partial charge in [0.15, 0.2) is 17.4 Å². The number of halogens is 3. The summed E-state index contributed by atoms with van der Waals surface area (Å²) in [5.41, 5.74) is -1.13. The van der Waals surface area contributed by atoms with E-state index >= 15 is 4.39 Å². The normalized spacial score (nSPS) is 11.9. The molecule has 1 amide bonds. The molecule has 2 N–H and O–H groups in total. The predicted octanol–water partition coefficient (Wildman–Crippen LogP) is 5.51. The Kier molecular flexibility index (Phi) is 7.02. The fourth-order valence-electron chi connectivity index (χ4n) is 3.45. The molecule has 0 bridgehead atoms. The summed E-state index contributed by atoms with van der Waals surface area (Å²) < 4.78 is 76.5. The molecule has 4 aromatic rings. The van der Waals surface area contributed by atoms with Gasteiger partial charge >= 0.3 is 0 Å². The van der Waals surface area contributed by atoms with Crippen LogP contribution in [0, 0.1) is 22.9 Å². The van der Waals surface area contributed by atoms with E-state index < -0.39 is 44.1 Å². The molecule has 0 unspecified atom stereocenters. The number of nitrogens with zero attached hydrogens (tertiary/aromatic N) is 2. The molecule has 0 aliphatic rings. The molecule has 198 valence electrons. The fraction of sp³-hybridized carbons (Fsp3) is 0.192. The van der Waals surface area contributed by atoms with Gasteiger partial charge in [0.05, 0.1) is 28.8 Å². The standard InChI is InChI=1S/C26H23F3N4O4S/c1-26(2,3)24(34)32-25-30-13-15-11-14(5-9-19(15)31-25)22-18(28)8-10-20(23(22)29)33-38(35,36)16-6-7-17(27)21(12-16)37-4/h5-13,33H,1-4H3,(H,30,31,32,34). The van der Waals surface area contributed by atoms with Gasteiger partial charge in [-0.2, -0.15) is 0 Å². The molecule has 1 heterocycles. The van der Waals surface area contributed by atoms with Gasteiger partial charge < -0.3 is 4.74 Å². The Morgan fingerprint density at radius 2 is 1.68 bits per heavy atom. The zero-order chi connectivity index (χ0) is 27.8. The Morgan fingerprint density at radius 3 is 2.37 bits per heavy atom. The van der Waals surface area contributed by atoms with E-state index in [1.54, 1.807) is 20.8 Å². The van der Waals surface area contributed by atoms with E-state index in [0.717, 1.165) is 30.3 Å². The summed E-state index contributed by atoms with van der Waals surface area (Å²) in [4.78, 5) is 20.2. The lowest BCUT2D eigenvalue weighted by molar-refractivity contribution is -0.123. The number of fused-ring (bicyclic) bond motifs is 1. The predicted molar refractivity (Wildman–Crippen MR) is 137 cm³/mol. The van der Waals surface area contributed by atoms with Crippen LogP contribution in [0.5, 0.6) is 5.75 Å². The van der Waals surface area contributed by atoms with E-state index in [2.05, 4.69) is 20.0 Å². The Hall–Kier alpha value is -4.19. The number of hydrogen-bond donors (Lipinski definition) is 2. The van der Waals surface area contributed by atoms with Crippen molar-refractivity contribution in [1.82, 2.24) is 9.97 Å². The van der Waals surface area contributed by atoms with E-state index in [1.807, 2.05) is 0 Å². The number of rotatable bonds is 6. The molecule has 0 aliphatic carbocycles. The minimum atomic E-state index is -4.37. The van der Waals surface area contributed by atoms with Crippen molar-refractivity contribution in [2.75, 3.05) is 17.1 Å². The van der Waals surface area contributed by atoms with Gasteiger partial charge in [0, 0.05) is 23.1 Å². The molecule has 1 aromatic heterocycles. The average Bonchev–Trinajstić information content (AvgIpc) is 2.85. The molecule has 12 heteroatoms. The molecule has 0 saturated heterocycles. The number of nitrogens with one attached hydrogen (secondary N) is 2. The molecule has 8 nitrogen and oxygen atoms in total. The molecule has 0 saturated carbocycles. The van der Waals surface area contributed by atoms with Crippen LogP contribution in [-0.4, -0.2) is 31.4 Å². The number of carbonyl (C=O) groups is 1. The first-order valence-electron chi connectivity index (χ1n) is 11.2. The second-order valence-corrected chi connectivity index (χ2v) is 11.0. The SMILES string of the molecule is COc1cc(S(=O)(=O)Nc2ccc(F)c(-c3ccc4nc(NC(=O)C(C)(C)C)ncc4c3)c2F)ccc1F. The van der Waals surface area contributed by atoms with Crippen LogP contribution in [0.3, 0.4) is 0 Å². The van der Waals surface area contributed by atoms with Crippen molar-refractivity contribution in [3.8, 4) is 16.9 Å². The second-order valence-electron chi connectivity index (χ2n) is 9.36. The highest BCUT2D eigenvalue weighted by molar-refractivity contribution is 7.92. The third-order valence-electron chi connectivity index (χ3n) is 5.54. The lowest BCUT2D eigenvalue weighted by atomic mass is 9.96. The maximum atomic E-state index is 15.5. The van der Waals surface area contributed by atoms with Gasteiger partial charge in [-0.15, -0.1) is 0 Å². The smallest absolute Gasteiger partial charge is 0.262 e. The highest BCUT2D eigenvalue weighted by Crippen LogP contribution is 2.34. The van der Waals surface area contributed by atoms with Crippen LogP contribution in [0.1, 0.15) is 20.8 Å². The lowest BCUT2D eigenvalue weighted by Gasteiger charge is -2.16. The maximum absolute atomic E-state index is 15.5. The molecule has 4 rings (SSSR count). The Balaban J connectivity index is 1.68. The zero-order valence-electron chi connectivity index (χ0n) is 20.8. The van der Waals surface area contributed by atoms with Gasteiger partial charge in [0.1, 0.15) is 5.82 Å². The first-order chi connectivity index (χ1) is 17.8. The number of anilines is 2. The number of sulfonamides is 1. The van der Waals surface area contributed by atoms with Gasteiger partial charge in [0.25, 0.3) is 10.0 Å². The number of ether oxygens (including phenoxy) is 1. The maximum Gasteiger partial charge on any atom is 0.262 e. The van der Waals surface area contributed by atoms with Crippen LogP contribution in [0.2, 0.25) is 0 Å². The summed E-state index contributed by atoms with van der Waals surface area (Å²) in [5, 5.41) is 3.05. The summed E-state index contributed by atoms with van der Waals surface area (Å²) in [6.07, 6.45) is 1.40. The number of benzene rings is 3. The van der Waals surface area contributed by atoms with Gasteiger partial charge in [-0.25, -0.2) is 31.6 Å². The van der Waals surface area contributed by atoms with Crippen molar-refractivity contribution < 1.29 is 31.1 Å². The Morgan fingerprint density at radius 1 is 0.974 bits per heavy atom. The van der Waals surface area contributed by atoms with E-state index in [4.69, 9.17) is 4.74 Å². The van der Waals surface area contributed by atoms with Gasteiger partial charge in [0.2, 0.25) is 11.9 Å². The van der Waals surface area contributed by atoms with E-state index in [0.29, 0.717) is 10.9 Å². The Labute approximate surface area is 216 Å². The largest absolute Gasteiger partial charge is 0.494 e. The third-order valence-corrected chi connectivity index (χ3v) is 6.91. The first-order valence-corrected chi connectivity index (χ1v) is 12.7. The van der Waals surface area contributed by atoms with Crippen molar-refractivity contribution >= 4 is 38.5 Å². The van der Waals surface area contributed by atoms with Gasteiger partial charge in [-0.3, -0.25) is 14.8 Å². The zero-order valence-corrected chi connectivity index (χ0v) is 21.6. The van der Waals surface area contributed by atoms with Crippen LogP contribution >= 0.6 is 0 Å². The second kappa shape index (κ2) is 9.93. The molecule has 3 aromatic carbocycles. The first kappa shape index (κ1) is 26.9. The van der Waals surface area contributed by atoms with E-state index in [9.17, 15) is 22.0 Å². The molecular weight excluding hydrogens is 521 g/mol. The molecule has 0 spiro atoms. The van der Waals surface area contributed by atoms with E-state index in [-0.39, 0.29) is 28.1 Å². The van der Waals surface area contributed by atoms with Gasteiger partial charge in [-0.1, -0.05) is 26.8 Å². The number of carbonyl (C=O) groups excluding carboxylic acids is 1. The quantitative estimate of drug-likeness (QED) is 0.331. The van der Waals surface area contributed by atoms with Crippen molar-refractivity contribution in [2.24, 2.45) is 5.41 Å². The van der Waals surface area contributed by atoms with Crippen molar-refractivity contribution in [2.45, 2.75) is 25.7 Å². The molecular formula is C26H23F3N4O4S. The fourth-order valence-corrected chi connectivity index (χ4v) is 4.52. The highest BCUT2D eigenvalue weighted by atomic mass is 32.2. The summed E-state index contributed by atoms with van der Waals surface area (Å²) in [7, 11) is -3.20. The molecule has 0 atom stereocenters. The summed E-state index contributed by atoms with van der Waals surface area (Å²) in [6.45, 7) is 5.22. The number of hydrogen-bond acceptors (Lipinski definition) is 6. The summed E-state index contributed by atoms with van der Waals surface area (Å²) in [6, 6.07) is 9.06. The van der Waals surface area contributed by atoms with Gasteiger partial charge in [-0.05, 0) is 42.0 Å². The molecule has 0 fully saturated rings. The monoisotopic (exact) mass is 544 g/mol. The Bertz CT molecular complexity index is 1670. The van der Waals surface area contributed by atoms with Crippen molar-refractivity contribution in [3.63, 3.8) is 0 Å². The highest BCUT2D eigenvalue weighted by Gasteiger charge is 2.24.